The van der Waals surface area contributed by atoms with E-state index in [1.165, 1.54) is 24.3 Å². The van der Waals surface area contributed by atoms with Crippen molar-refractivity contribution in [2.75, 3.05) is 0 Å². The Hall–Kier alpha value is -3.96. The minimum atomic E-state index is -2.90. The zero-order valence-corrected chi connectivity index (χ0v) is 21.3. The first-order valence-corrected chi connectivity index (χ1v) is 12.0. The molecule has 5 atom stereocenters. The van der Waals surface area contributed by atoms with Crippen LogP contribution in [0.25, 0.3) is 11.8 Å². The molecule has 1 saturated carbocycles. The lowest BCUT2D eigenvalue weighted by Gasteiger charge is -2.50. The molecule has 0 aliphatic heterocycles. The number of nitrogens with two attached hydrogens (primary N) is 1. The molecule has 0 bridgehead atoms. The van der Waals surface area contributed by atoms with Crippen molar-refractivity contribution in [3.8, 4) is 5.75 Å². The number of primary amides is 1. The number of amides is 2. The summed E-state index contributed by atoms with van der Waals surface area (Å²) in [5.41, 5.74) is 0.975. The van der Waals surface area contributed by atoms with E-state index in [4.69, 9.17) is 5.73 Å². The van der Waals surface area contributed by atoms with Crippen LogP contribution in [0.2, 0.25) is 0 Å². The summed E-state index contributed by atoms with van der Waals surface area (Å²) in [7, 11) is 0. The van der Waals surface area contributed by atoms with Gasteiger partial charge in [0.1, 0.15) is 22.8 Å². The second-order valence-corrected chi connectivity index (χ2v) is 11.0. The molecule has 11 heteroatoms. The van der Waals surface area contributed by atoms with E-state index in [0.29, 0.717) is 11.1 Å². The van der Waals surface area contributed by atoms with Crippen molar-refractivity contribution in [2.45, 2.75) is 57.3 Å². The number of hydrogen-bond donors (Lipinski definition) is 7. The Morgan fingerprint density at radius 3 is 2.37 bits per heavy atom. The Morgan fingerprint density at radius 1 is 1.16 bits per heavy atom. The molecule has 11 nitrogen and oxygen atoms in total. The molecular formula is C27H30N2O9. The van der Waals surface area contributed by atoms with Crippen LogP contribution in [-0.4, -0.2) is 66.2 Å². The van der Waals surface area contributed by atoms with E-state index in [9.17, 15) is 44.7 Å². The van der Waals surface area contributed by atoms with E-state index in [-0.39, 0.29) is 5.56 Å². The second kappa shape index (κ2) is 8.81. The maximum absolute atomic E-state index is 13.7. The lowest BCUT2D eigenvalue weighted by atomic mass is 9.55. The van der Waals surface area contributed by atoms with Gasteiger partial charge in [-0.25, -0.2) is 0 Å². The molecule has 0 heterocycles. The summed E-state index contributed by atoms with van der Waals surface area (Å²) in [6, 6.07) is 2.77. The standard InChI is InChI=1S/C27H30N2O9/c1-10-16-11(6-8-15(32)29-26(2,3)4)5-7-13(30)18(16)22(34)20-17(10)21(33)12-9-14(31)19(25(28)37)23(35)27(12,38)24(20)36/h5-8,10,12,17,21,30,33-35,38H,9H2,1-4H3,(H2,28,37)(H,29,32)/b8-6+. The number of fused-ring (bicyclic) bond motifs is 3. The number of aromatic hydroxyl groups is 1. The van der Waals surface area contributed by atoms with E-state index in [0.717, 1.165) is 0 Å². The quantitative estimate of drug-likeness (QED) is 0.220. The first kappa shape index (κ1) is 27.1. The summed E-state index contributed by atoms with van der Waals surface area (Å²) in [4.78, 5) is 50.4. The lowest BCUT2D eigenvalue weighted by Crippen LogP contribution is -2.64. The Kier molecular flexibility index (Phi) is 6.28. The molecule has 4 rings (SSSR count). The summed E-state index contributed by atoms with van der Waals surface area (Å²) < 4.78 is 0. The normalized spacial score (nSPS) is 29.2. The van der Waals surface area contributed by atoms with Gasteiger partial charge in [-0.3, -0.25) is 19.2 Å². The molecule has 1 aromatic rings. The van der Waals surface area contributed by atoms with Gasteiger partial charge in [-0.1, -0.05) is 13.0 Å². The average molecular weight is 527 g/mol. The summed E-state index contributed by atoms with van der Waals surface area (Å²) in [5.74, 6) is -9.80. The number of ketones is 2. The van der Waals surface area contributed by atoms with Crippen LogP contribution >= 0.6 is 0 Å². The van der Waals surface area contributed by atoms with Crippen LogP contribution in [0.3, 0.4) is 0 Å². The van der Waals surface area contributed by atoms with Gasteiger partial charge in [-0.2, -0.15) is 0 Å². The summed E-state index contributed by atoms with van der Waals surface area (Å²) in [6.07, 6.45) is 0.451. The van der Waals surface area contributed by atoms with Gasteiger partial charge in [0, 0.05) is 35.4 Å². The number of nitrogens with one attached hydrogen (secondary N) is 1. The van der Waals surface area contributed by atoms with Crippen LogP contribution in [0, 0.1) is 11.8 Å². The predicted octanol–water partition coefficient (Wildman–Crippen LogP) is 0.884. The van der Waals surface area contributed by atoms with Gasteiger partial charge in [-0.05, 0) is 50.0 Å². The van der Waals surface area contributed by atoms with Crippen LogP contribution < -0.4 is 11.1 Å². The Bertz CT molecular complexity index is 1380. The van der Waals surface area contributed by atoms with Crippen molar-refractivity contribution in [1.29, 1.82) is 0 Å². The number of hydrogen-bond acceptors (Lipinski definition) is 9. The van der Waals surface area contributed by atoms with Gasteiger partial charge in [-0.15, -0.1) is 0 Å². The summed E-state index contributed by atoms with van der Waals surface area (Å²) >= 11 is 0. The fourth-order valence-electron chi connectivity index (χ4n) is 5.83. The first-order chi connectivity index (χ1) is 17.5. The maximum Gasteiger partial charge on any atom is 0.255 e. The molecule has 0 radical (unpaired) electrons. The Labute approximate surface area is 218 Å². The SMILES string of the molecule is CC1c2c(/C=C/C(=O)NC(C)(C)C)ccc(O)c2C(O)=C2C(=O)C3(O)C(O)=C(C(N)=O)C(=O)CC3C(O)C21. The van der Waals surface area contributed by atoms with Gasteiger partial charge in [0.25, 0.3) is 5.91 Å². The largest absolute Gasteiger partial charge is 0.508 e. The van der Waals surface area contributed by atoms with Crippen molar-refractivity contribution >= 4 is 35.2 Å². The highest BCUT2D eigenvalue weighted by molar-refractivity contribution is 6.23. The molecule has 8 N–H and O–H groups in total. The topological polar surface area (TPSA) is 207 Å². The fraction of sp³-hybridized carbons (Fsp3) is 0.407. The number of phenolic OH excluding ortho intramolecular Hbond substituents is 1. The number of carbonyl (C=O) groups is 4. The van der Waals surface area contributed by atoms with Crippen LogP contribution in [-0.2, 0) is 19.2 Å². The third-order valence-electron chi connectivity index (χ3n) is 7.42. The average Bonchev–Trinajstić information content (AvgIpc) is 2.79. The van der Waals surface area contributed by atoms with Crippen molar-refractivity contribution in [3.63, 3.8) is 0 Å². The highest BCUT2D eigenvalue weighted by Crippen LogP contribution is 2.56. The minimum Gasteiger partial charge on any atom is -0.508 e. The number of rotatable bonds is 3. The highest BCUT2D eigenvalue weighted by atomic mass is 16.4. The predicted molar refractivity (Wildman–Crippen MR) is 134 cm³/mol. The number of aliphatic hydroxyl groups is 4. The zero-order chi connectivity index (χ0) is 28.5. The van der Waals surface area contributed by atoms with Crippen LogP contribution in [0.15, 0.2) is 35.1 Å². The van der Waals surface area contributed by atoms with Crippen LogP contribution in [0.1, 0.15) is 56.7 Å². The molecule has 38 heavy (non-hydrogen) atoms. The number of Topliss-reactive ketones (excluding diaryl/α,β-unsaturated/α-hetero) is 2. The van der Waals surface area contributed by atoms with Crippen molar-refractivity contribution in [3.05, 3.63) is 51.8 Å². The third kappa shape index (κ3) is 3.89. The van der Waals surface area contributed by atoms with Crippen LogP contribution in [0.5, 0.6) is 5.75 Å². The smallest absolute Gasteiger partial charge is 0.255 e. The van der Waals surface area contributed by atoms with E-state index in [2.05, 4.69) is 5.32 Å². The van der Waals surface area contributed by atoms with Gasteiger partial charge in [0.2, 0.25) is 11.7 Å². The van der Waals surface area contributed by atoms with Crippen molar-refractivity contribution in [2.24, 2.45) is 17.6 Å². The molecule has 1 aromatic carbocycles. The van der Waals surface area contributed by atoms with Gasteiger partial charge < -0.3 is 36.6 Å². The van der Waals surface area contributed by atoms with E-state index in [1.807, 2.05) is 20.8 Å². The molecular weight excluding hydrogens is 496 g/mol. The van der Waals surface area contributed by atoms with E-state index >= 15 is 0 Å². The molecule has 2 amide bonds. The fourth-order valence-corrected chi connectivity index (χ4v) is 5.83. The number of benzene rings is 1. The lowest BCUT2D eigenvalue weighted by molar-refractivity contribution is -0.160. The van der Waals surface area contributed by atoms with E-state index in [1.54, 1.807) is 6.92 Å². The number of carbonyl (C=O) groups excluding carboxylic acids is 4. The zero-order valence-electron chi connectivity index (χ0n) is 21.3. The summed E-state index contributed by atoms with van der Waals surface area (Å²) in [5, 5.41) is 58.0. The molecule has 5 unspecified atom stereocenters. The van der Waals surface area contributed by atoms with Gasteiger partial charge >= 0.3 is 0 Å². The molecule has 202 valence electrons. The monoisotopic (exact) mass is 526 g/mol. The minimum absolute atomic E-state index is 0.143. The highest BCUT2D eigenvalue weighted by Gasteiger charge is 2.65. The number of phenols is 1. The molecule has 3 aliphatic rings. The second-order valence-electron chi connectivity index (χ2n) is 11.0. The van der Waals surface area contributed by atoms with E-state index < -0.39 is 93.2 Å². The molecule has 3 aliphatic carbocycles. The van der Waals surface area contributed by atoms with Crippen molar-refractivity contribution < 1.29 is 44.7 Å². The van der Waals surface area contributed by atoms with Crippen LogP contribution in [0.4, 0.5) is 0 Å². The third-order valence-corrected chi connectivity index (χ3v) is 7.42. The Balaban J connectivity index is 1.91. The first-order valence-electron chi connectivity index (χ1n) is 12.0. The summed E-state index contributed by atoms with van der Waals surface area (Å²) in [6.45, 7) is 7.06. The molecule has 1 fully saturated rings. The van der Waals surface area contributed by atoms with Gasteiger partial charge in [0.05, 0.1) is 11.7 Å². The molecule has 0 spiro atoms. The molecule has 0 aromatic heterocycles. The number of aliphatic hydroxyl groups excluding tert-OH is 3. The van der Waals surface area contributed by atoms with Gasteiger partial charge in [0.15, 0.2) is 11.4 Å². The Morgan fingerprint density at radius 2 is 1.79 bits per heavy atom. The molecule has 0 saturated heterocycles. The maximum atomic E-state index is 13.7. The van der Waals surface area contributed by atoms with Crippen molar-refractivity contribution in [1.82, 2.24) is 5.32 Å².